The number of carbonyl (C=O) groups is 2. The molecule has 4 rings (SSSR count). The Morgan fingerprint density at radius 3 is 2.62 bits per heavy atom. The minimum atomic E-state index is -0.441. The number of urea groups is 1. The van der Waals surface area contributed by atoms with Crippen LogP contribution in [0.4, 0.5) is 13.6 Å². The molecule has 150 valence electrons. The van der Waals surface area contributed by atoms with E-state index in [0.717, 1.165) is 0 Å². The number of amides is 3. The van der Waals surface area contributed by atoms with Crippen LogP contribution >= 0.6 is 0 Å². The van der Waals surface area contributed by atoms with Gasteiger partial charge in [-0.3, -0.25) is 9.20 Å². The van der Waals surface area contributed by atoms with Crippen molar-refractivity contribution in [2.24, 2.45) is 0 Å². The molecule has 0 saturated carbocycles. The zero-order chi connectivity index (χ0) is 20.4. The number of pyridine rings is 1. The number of carbonyl (C=O) groups excluding carboxylic acids is 2. The third-order valence-electron chi connectivity index (χ3n) is 4.81. The quantitative estimate of drug-likeness (QED) is 0.616. The van der Waals surface area contributed by atoms with Crippen LogP contribution in [0, 0.1) is 11.6 Å². The Kier molecular flexibility index (Phi) is 5.11. The molecular formula is C20H19F2N5O2. The second-order valence-electron chi connectivity index (χ2n) is 6.86. The number of fused-ring (bicyclic) bond motifs is 1. The van der Waals surface area contributed by atoms with Crippen molar-refractivity contribution in [3.63, 3.8) is 0 Å². The lowest BCUT2D eigenvalue weighted by atomic mass is 10.1. The van der Waals surface area contributed by atoms with Crippen LogP contribution in [0.25, 0.3) is 16.9 Å². The second kappa shape index (κ2) is 7.86. The lowest BCUT2D eigenvalue weighted by Crippen LogP contribution is -2.42. The highest BCUT2D eigenvalue weighted by Gasteiger charge is 2.21. The van der Waals surface area contributed by atoms with Gasteiger partial charge < -0.3 is 16.0 Å². The van der Waals surface area contributed by atoms with Gasteiger partial charge in [-0.05, 0) is 42.8 Å². The van der Waals surface area contributed by atoms with Gasteiger partial charge in [-0.15, -0.1) is 0 Å². The molecule has 0 unspecified atom stereocenters. The molecule has 1 fully saturated rings. The number of nitrogens with one attached hydrogen (secondary N) is 3. The van der Waals surface area contributed by atoms with Crippen LogP contribution in [0.15, 0.2) is 42.6 Å². The summed E-state index contributed by atoms with van der Waals surface area (Å²) < 4.78 is 28.6. The lowest BCUT2D eigenvalue weighted by molar-refractivity contribution is -0.119. The molecule has 1 aromatic carbocycles. The van der Waals surface area contributed by atoms with E-state index in [1.54, 1.807) is 16.5 Å². The van der Waals surface area contributed by atoms with E-state index in [1.807, 2.05) is 0 Å². The highest BCUT2D eigenvalue weighted by molar-refractivity contribution is 5.79. The number of hydrogen-bond donors (Lipinski definition) is 3. The van der Waals surface area contributed by atoms with E-state index in [0.29, 0.717) is 42.0 Å². The summed E-state index contributed by atoms with van der Waals surface area (Å²) in [7, 11) is 0. The summed E-state index contributed by atoms with van der Waals surface area (Å²) in [5.74, 6) is -0.834. The number of aromatic nitrogens is 2. The number of nitrogens with zero attached hydrogens (tertiary/aromatic N) is 2. The van der Waals surface area contributed by atoms with E-state index >= 15 is 0 Å². The van der Waals surface area contributed by atoms with E-state index in [4.69, 9.17) is 0 Å². The molecule has 7 nitrogen and oxygen atoms in total. The molecule has 1 aliphatic rings. The standard InChI is InChI=1S/C20H19F2N5O2/c21-13-3-1-12(2-4-13)19-16(27-11-14(22)5-7-17(27)26-19)10-24-20(29)23-9-15-6-8-18(28)25-15/h1-5,7,11,15H,6,8-10H2,(H,25,28)(H2,23,24,29)/t15-/m0/s1. The highest BCUT2D eigenvalue weighted by atomic mass is 19.1. The van der Waals surface area contributed by atoms with Crippen LogP contribution in [0.3, 0.4) is 0 Å². The number of hydrogen-bond acceptors (Lipinski definition) is 3. The van der Waals surface area contributed by atoms with Gasteiger partial charge in [0.1, 0.15) is 17.3 Å². The molecule has 3 N–H and O–H groups in total. The summed E-state index contributed by atoms with van der Waals surface area (Å²) in [6, 6.07) is 8.15. The number of halogens is 2. The molecule has 0 bridgehead atoms. The van der Waals surface area contributed by atoms with Crippen LogP contribution in [0.2, 0.25) is 0 Å². The predicted molar refractivity (Wildman–Crippen MR) is 102 cm³/mol. The van der Waals surface area contributed by atoms with Crippen molar-refractivity contribution < 1.29 is 18.4 Å². The first-order chi connectivity index (χ1) is 14.0. The van der Waals surface area contributed by atoms with E-state index in [9.17, 15) is 18.4 Å². The monoisotopic (exact) mass is 399 g/mol. The Hall–Kier alpha value is -3.49. The number of benzene rings is 1. The van der Waals surface area contributed by atoms with Gasteiger partial charge in [-0.1, -0.05) is 0 Å². The SMILES string of the molecule is O=C1CC[C@@H](CNC(=O)NCc2c(-c3ccc(F)cc3)nc3ccc(F)cn23)N1. The molecule has 9 heteroatoms. The van der Waals surface area contributed by atoms with Gasteiger partial charge in [-0.2, -0.15) is 0 Å². The van der Waals surface area contributed by atoms with Gasteiger partial charge in [0, 0.05) is 30.8 Å². The summed E-state index contributed by atoms with van der Waals surface area (Å²) in [5, 5.41) is 8.23. The first-order valence-electron chi connectivity index (χ1n) is 9.23. The van der Waals surface area contributed by atoms with E-state index in [2.05, 4.69) is 20.9 Å². The van der Waals surface area contributed by atoms with Gasteiger partial charge in [0.25, 0.3) is 0 Å². The fourth-order valence-corrected chi connectivity index (χ4v) is 3.35. The van der Waals surface area contributed by atoms with Crippen molar-refractivity contribution in [2.75, 3.05) is 6.54 Å². The topological polar surface area (TPSA) is 87.5 Å². The Bertz CT molecular complexity index is 1060. The van der Waals surface area contributed by atoms with Crippen LogP contribution in [-0.2, 0) is 11.3 Å². The van der Waals surface area contributed by atoms with E-state index < -0.39 is 11.8 Å². The third kappa shape index (κ3) is 4.18. The second-order valence-corrected chi connectivity index (χ2v) is 6.86. The molecule has 3 aromatic rings. The first-order valence-corrected chi connectivity index (χ1v) is 9.23. The van der Waals surface area contributed by atoms with Crippen LogP contribution in [0.1, 0.15) is 18.5 Å². The predicted octanol–water partition coefficient (Wildman–Crippen LogP) is 2.36. The fourth-order valence-electron chi connectivity index (χ4n) is 3.35. The highest BCUT2D eigenvalue weighted by Crippen LogP contribution is 2.25. The van der Waals surface area contributed by atoms with Crippen molar-refractivity contribution in [3.05, 3.63) is 59.9 Å². The largest absolute Gasteiger partial charge is 0.352 e. The zero-order valence-electron chi connectivity index (χ0n) is 15.4. The fraction of sp³-hybridized carbons (Fsp3) is 0.250. The Morgan fingerprint density at radius 1 is 1.14 bits per heavy atom. The average Bonchev–Trinajstić information content (AvgIpc) is 3.28. The van der Waals surface area contributed by atoms with E-state index in [1.165, 1.54) is 30.5 Å². The van der Waals surface area contributed by atoms with Crippen LogP contribution < -0.4 is 16.0 Å². The van der Waals surface area contributed by atoms with Gasteiger partial charge in [0.2, 0.25) is 5.91 Å². The number of imidazole rings is 1. The van der Waals surface area contributed by atoms with Gasteiger partial charge in [-0.25, -0.2) is 18.6 Å². The normalized spacial score (nSPS) is 16.1. The molecule has 29 heavy (non-hydrogen) atoms. The molecular weight excluding hydrogens is 380 g/mol. The molecule has 1 atom stereocenters. The lowest BCUT2D eigenvalue weighted by Gasteiger charge is -2.13. The van der Waals surface area contributed by atoms with Crippen molar-refractivity contribution >= 4 is 17.6 Å². The third-order valence-corrected chi connectivity index (χ3v) is 4.81. The summed E-state index contributed by atoms with van der Waals surface area (Å²) in [6.45, 7) is 0.407. The summed E-state index contributed by atoms with van der Waals surface area (Å²) >= 11 is 0. The molecule has 1 aliphatic heterocycles. The van der Waals surface area contributed by atoms with Gasteiger partial charge in [0.05, 0.1) is 17.9 Å². The molecule has 0 spiro atoms. The maximum atomic E-state index is 13.8. The van der Waals surface area contributed by atoms with Crippen molar-refractivity contribution in [2.45, 2.75) is 25.4 Å². The van der Waals surface area contributed by atoms with Crippen molar-refractivity contribution in [1.29, 1.82) is 0 Å². The minimum Gasteiger partial charge on any atom is -0.352 e. The molecule has 0 radical (unpaired) electrons. The van der Waals surface area contributed by atoms with Crippen molar-refractivity contribution in [3.8, 4) is 11.3 Å². The molecule has 3 amide bonds. The molecule has 2 aromatic heterocycles. The maximum Gasteiger partial charge on any atom is 0.315 e. The van der Waals surface area contributed by atoms with E-state index in [-0.39, 0.29) is 24.3 Å². The summed E-state index contributed by atoms with van der Waals surface area (Å²) in [6.07, 6.45) is 2.43. The summed E-state index contributed by atoms with van der Waals surface area (Å²) in [5.41, 5.74) is 2.26. The number of rotatable bonds is 5. The maximum absolute atomic E-state index is 13.8. The average molecular weight is 399 g/mol. The minimum absolute atomic E-state index is 0.0195. The van der Waals surface area contributed by atoms with Crippen molar-refractivity contribution in [1.82, 2.24) is 25.3 Å². The Labute approximate surface area is 165 Å². The zero-order valence-corrected chi connectivity index (χ0v) is 15.4. The molecule has 3 heterocycles. The molecule has 0 aliphatic carbocycles. The Balaban J connectivity index is 1.52. The van der Waals surface area contributed by atoms with Crippen LogP contribution in [0.5, 0.6) is 0 Å². The summed E-state index contributed by atoms with van der Waals surface area (Å²) in [4.78, 5) is 27.9. The first kappa shape index (κ1) is 18.9. The smallest absolute Gasteiger partial charge is 0.315 e. The van der Waals surface area contributed by atoms with Crippen LogP contribution in [-0.4, -0.2) is 33.9 Å². The Morgan fingerprint density at radius 2 is 1.90 bits per heavy atom. The molecule has 1 saturated heterocycles. The van der Waals surface area contributed by atoms with Gasteiger partial charge in [0.15, 0.2) is 0 Å². The van der Waals surface area contributed by atoms with Gasteiger partial charge >= 0.3 is 6.03 Å².